The first-order valence-corrected chi connectivity index (χ1v) is 5.11. The smallest absolute Gasteiger partial charge is 0.319 e. The lowest BCUT2D eigenvalue weighted by atomic mass is 10.3. The van der Waals surface area contributed by atoms with Crippen molar-refractivity contribution >= 4 is 17.7 Å². The van der Waals surface area contributed by atoms with Gasteiger partial charge in [-0.25, -0.2) is 9.18 Å². The maximum Gasteiger partial charge on any atom is 0.319 e. The highest BCUT2D eigenvalue weighted by molar-refractivity contribution is 5.89. The van der Waals surface area contributed by atoms with Gasteiger partial charge in [-0.1, -0.05) is 12.1 Å². The van der Waals surface area contributed by atoms with Gasteiger partial charge in [-0.3, -0.25) is 4.79 Å². The third-order valence-electron chi connectivity index (χ3n) is 1.98. The summed E-state index contributed by atoms with van der Waals surface area (Å²) in [6.07, 6.45) is 0.319. The van der Waals surface area contributed by atoms with Crippen LogP contribution >= 0.6 is 0 Å². The maximum absolute atomic E-state index is 13.1. The summed E-state index contributed by atoms with van der Waals surface area (Å²) in [4.78, 5) is 21.5. The summed E-state index contributed by atoms with van der Waals surface area (Å²) in [5.74, 6) is -1.44. The normalized spacial score (nSPS) is 9.71. The number of hydrogen-bond acceptors (Lipinski definition) is 2. The molecule has 0 atom stereocenters. The number of urea groups is 1. The maximum atomic E-state index is 13.1. The van der Waals surface area contributed by atoms with Crippen molar-refractivity contribution in [2.45, 2.75) is 12.8 Å². The van der Waals surface area contributed by atoms with E-state index in [-0.39, 0.29) is 18.7 Å². The van der Waals surface area contributed by atoms with E-state index < -0.39 is 17.8 Å². The number of nitrogens with one attached hydrogen (secondary N) is 2. The van der Waals surface area contributed by atoms with Crippen LogP contribution in [0.3, 0.4) is 0 Å². The van der Waals surface area contributed by atoms with Crippen molar-refractivity contribution in [1.29, 1.82) is 0 Å². The molecule has 0 bridgehead atoms. The molecule has 0 aliphatic rings. The molecule has 0 heterocycles. The van der Waals surface area contributed by atoms with Crippen molar-refractivity contribution in [2.24, 2.45) is 0 Å². The van der Waals surface area contributed by atoms with Gasteiger partial charge in [0.15, 0.2) is 0 Å². The Balaban J connectivity index is 2.30. The van der Waals surface area contributed by atoms with E-state index in [1.165, 1.54) is 18.2 Å². The van der Waals surface area contributed by atoms with Gasteiger partial charge < -0.3 is 15.7 Å². The van der Waals surface area contributed by atoms with Crippen LogP contribution in [0.2, 0.25) is 0 Å². The first kappa shape index (κ1) is 13.0. The van der Waals surface area contributed by atoms with E-state index in [0.29, 0.717) is 6.42 Å². The van der Waals surface area contributed by atoms with Crippen LogP contribution in [0.25, 0.3) is 0 Å². The molecule has 0 radical (unpaired) electrons. The molecular formula is C11H13FN2O3. The van der Waals surface area contributed by atoms with Gasteiger partial charge in [-0.2, -0.15) is 0 Å². The Labute approximate surface area is 97.6 Å². The van der Waals surface area contributed by atoms with E-state index in [1.807, 2.05) is 0 Å². The van der Waals surface area contributed by atoms with Crippen LogP contribution in [0.4, 0.5) is 14.9 Å². The van der Waals surface area contributed by atoms with Crippen molar-refractivity contribution < 1.29 is 19.1 Å². The van der Waals surface area contributed by atoms with Crippen molar-refractivity contribution in [3.8, 4) is 0 Å². The SMILES string of the molecule is O=C(O)CCCNC(=O)Nc1ccccc1F. The fraction of sp³-hybridized carbons (Fsp3) is 0.273. The Hall–Kier alpha value is -2.11. The lowest BCUT2D eigenvalue weighted by Crippen LogP contribution is -2.30. The number of rotatable bonds is 5. The molecule has 92 valence electrons. The van der Waals surface area contributed by atoms with Crippen molar-refractivity contribution in [2.75, 3.05) is 11.9 Å². The summed E-state index contributed by atoms with van der Waals surface area (Å²) in [5, 5.41) is 13.1. The van der Waals surface area contributed by atoms with Gasteiger partial charge in [0.05, 0.1) is 5.69 Å². The second-order valence-corrected chi connectivity index (χ2v) is 3.36. The van der Waals surface area contributed by atoms with Gasteiger partial charge in [-0.05, 0) is 18.6 Å². The van der Waals surface area contributed by atoms with Crippen LogP contribution < -0.4 is 10.6 Å². The van der Waals surface area contributed by atoms with Crippen molar-refractivity contribution in [3.63, 3.8) is 0 Å². The molecule has 1 aromatic rings. The van der Waals surface area contributed by atoms with Gasteiger partial charge in [0, 0.05) is 13.0 Å². The van der Waals surface area contributed by atoms with E-state index in [1.54, 1.807) is 6.07 Å². The van der Waals surface area contributed by atoms with Gasteiger partial charge in [0.25, 0.3) is 0 Å². The Kier molecular flexibility index (Phi) is 4.93. The molecule has 0 fully saturated rings. The zero-order valence-electron chi connectivity index (χ0n) is 9.07. The second kappa shape index (κ2) is 6.47. The van der Waals surface area contributed by atoms with Gasteiger partial charge in [-0.15, -0.1) is 0 Å². The molecule has 1 rings (SSSR count). The molecule has 0 saturated heterocycles. The monoisotopic (exact) mass is 240 g/mol. The zero-order valence-corrected chi connectivity index (χ0v) is 9.07. The van der Waals surface area contributed by atoms with E-state index in [9.17, 15) is 14.0 Å². The standard InChI is InChI=1S/C11H13FN2O3/c12-8-4-1-2-5-9(8)14-11(17)13-7-3-6-10(15)16/h1-2,4-5H,3,6-7H2,(H,15,16)(H2,13,14,17). The fourth-order valence-electron chi connectivity index (χ4n) is 1.17. The molecule has 1 aromatic carbocycles. The highest BCUT2D eigenvalue weighted by Gasteiger charge is 2.05. The second-order valence-electron chi connectivity index (χ2n) is 3.36. The van der Waals surface area contributed by atoms with Gasteiger partial charge in [0.1, 0.15) is 5.82 Å². The molecule has 5 nitrogen and oxygen atoms in total. The molecular weight excluding hydrogens is 227 g/mol. The van der Waals surface area contributed by atoms with Gasteiger partial charge in [0.2, 0.25) is 0 Å². The minimum absolute atomic E-state index is 0.0139. The number of carboxylic acids is 1. The Bertz CT molecular complexity index is 409. The Morgan fingerprint density at radius 1 is 1.29 bits per heavy atom. The van der Waals surface area contributed by atoms with Crippen LogP contribution in [-0.2, 0) is 4.79 Å². The number of benzene rings is 1. The summed E-state index contributed by atoms with van der Waals surface area (Å²) in [6, 6.07) is 5.24. The van der Waals surface area contributed by atoms with Crippen molar-refractivity contribution in [3.05, 3.63) is 30.1 Å². The minimum Gasteiger partial charge on any atom is -0.481 e. The average Bonchev–Trinajstić information content (AvgIpc) is 2.27. The molecule has 6 heteroatoms. The topological polar surface area (TPSA) is 78.4 Å². The number of para-hydroxylation sites is 1. The Morgan fingerprint density at radius 3 is 2.65 bits per heavy atom. The summed E-state index contributed by atoms with van der Waals surface area (Å²) in [5.41, 5.74) is 0.0863. The molecule has 0 spiro atoms. The highest BCUT2D eigenvalue weighted by atomic mass is 19.1. The predicted octanol–water partition coefficient (Wildman–Crippen LogP) is 1.81. The van der Waals surface area contributed by atoms with E-state index in [4.69, 9.17) is 5.11 Å². The molecule has 3 N–H and O–H groups in total. The van der Waals surface area contributed by atoms with Gasteiger partial charge >= 0.3 is 12.0 Å². The quantitative estimate of drug-likeness (QED) is 0.687. The number of carbonyl (C=O) groups excluding carboxylic acids is 1. The molecule has 17 heavy (non-hydrogen) atoms. The number of amides is 2. The summed E-state index contributed by atoms with van der Waals surface area (Å²) in [7, 11) is 0. The van der Waals surface area contributed by atoms with E-state index in [2.05, 4.69) is 10.6 Å². The third-order valence-corrected chi connectivity index (χ3v) is 1.98. The third kappa shape index (κ3) is 4.96. The van der Waals surface area contributed by atoms with Crippen LogP contribution in [0, 0.1) is 5.82 Å². The molecule has 0 aromatic heterocycles. The van der Waals surface area contributed by atoms with Crippen LogP contribution in [-0.4, -0.2) is 23.7 Å². The fourth-order valence-corrected chi connectivity index (χ4v) is 1.17. The number of hydrogen-bond donors (Lipinski definition) is 3. The molecule has 2 amide bonds. The molecule has 0 aliphatic carbocycles. The lowest BCUT2D eigenvalue weighted by molar-refractivity contribution is -0.137. The number of anilines is 1. The molecule has 0 unspecified atom stereocenters. The largest absolute Gasteiger partial charge is 0.481 e. The number of carboxylic acid groups (broad SMARTS) is 1. The van der Waals surface area contributed by atoms with Crippen LogP contribution in [0.1, 0.15) is 12.8 Å². The van der Waals surface area contributed by atoms with Crippen LogP contribution in [0.15, 0.2) is 24.3 Å². The summed E-state index contributed by atoms with van der Waals surface area (Å²) >= 11 is 0. The van der Waals surface area contributed by atoms with E-state index in [0.717, 1.165) is 0 Å². The number of halogens is 1. The van der Waals surface area contributed by atoms with Crippen LogP contribution in [0.5, 0.6) is 0 Å². The highest BCUT2D eigenvalue weighted by Crippen LogP contribution is 2.11. The van der Waals surface area contributed by atoms with Crippen molar-refractivity contribution in [1.82, 2.24) is 5.32 Å². The minimum atomic E-state index is -0.915. The lowest BCUT2D eigenvalue weighted by Gasteiger charge is -2.07. The molecule has 0 aliphatic heterocycles. The Morgan fingerprint density at radius 2 is 2.00 bits per heavy atom. The molecule has 0 saturated carbocycles. The summed E-state index contributed by atoms with van der Waals surface area (Å²) in [6.45, 7) is 0.229. The summed E-state index contributed by atoms with van der Waals surface area (Å²) < 4.78 is 13.1. The first-order valence-electron chi connectivity index (χ1n) is 5.11. The number of carbonyl (C=O) groups is 2. The van der Waals surface area contributed by atoms with E-state index >= 15 is 0 Å². The predicted molar refractivity (Wildman–Crippen MR) is 60.3 cm³/mol. The first-order chi connectivity index (χ1) is 8.09. The average molecular weight is 240 g/mol. The zero-order chi connectivity index (χ0) is 12.7. The number of aliphatic carboxylic acids is 1.